The van der Waals surface area contributed by atoms with Crippen LogP contribution in [0.25, 0.3) is 0 Å². The number of nitrogens with zero attached hydrogens (tertiary/aromatic N) is 1. The zero-order chi connectivity index (χ0) is 7.73. The average molecular weight is 171 g/mol. The predicted molar refractivity (Wildman–Crippen MR) is 51.1 cm³/mol. The summed E-state index contributed by atoms with van der Waals surface area (Å²) >= 11 is 2.14. The summed E-state index contributed by atoms with van der Waals surface area (Å²) in [6.07, 6.45) is 4.41. The fourth-order valence-corrected chi connectivity index (χ4v) is 3.73. The van der Waals surface area contributed by atoms with Gasteiger partial charge in [-0.1, -0.05) is 0 Å². The van der Waals surface area contributed by atoms with Crippen LogP contribution in [-0.4, -0.2) is 36.5 Å². The van der Waals surface area contributed by atoms with Gasteiger partial charge >= 0.3 is 0 Å². The molecule has 0 unspecified atom stereocenters. The van der Waals surface area contributed by atoms with Crippen LogP contribution in [0.3, 0.4) is 0 Å². The molecule has 2 aliphatic heterocycles. The van der Waals surface area contributed by atoms with Crippen molar-refractivity contribution in [3.8, 4) is 0 Å². The van der Waals surface area contributed by atoms with Gasteiger partial charge in [-0.2, -0.15) is 11.8 Å². The van der Waals surface area contributed by atoms with Crippen molar-refractivity contribution in [3.63, 3.8) is 0 Å². The minimum Gasteiger partial charge on any atom is -0.306 e. The monoisotopic (exact) mass is 171 g/mol. The zero-order valence-electron chi connectivity index (χ0n) is 7.31. The molecule has 0 N–H and O–H groups in total. The van der Waals surface area contributed by atoms with Crippen LogP contribution >= 0.6 is 11.8 Å². The molecule has 2 fully saturated rings. The molecule has 0 bridgehead atoms. The van der Waals surface area contributed by atoms with E-state index >= 15 is 0 Å². The van der Waals surface area contributed by atoms with E-state index in [-0.39, 0.29) is 0 Å². The first-order chi connectivity index (χ1) is 5.31. The topological polar surface area (TPSA) is 3.24 Å². The van der Waals surface area contributed by atoms with Gasteiger partial charge in [-0.05, 0) is 49.8 Å². The number of rotatable bonds is 0. The molecule has 0 saturated carbocycles. The summed E-state index contributed by atoms with van der Waals surface area (Å²) in [5.41, 5.74) is 0.750. The first-order valence-corrected chi connectivity index (χ1v) is 5.73. The van der Waals surface area contributed by atoms with E-state index in [0.717, 1.165) is 5.41 Å². The summed E-state index contributed by atoms with van der Waals surface area (Å²) in [7, 11) is 2.26. The molecule has 0 amide bonds. The van der Waals surface area contributed by atoms with E-state index in [1.807, 2.05) is 0 Å². The van der Waals surface area contributed by atoms with Crippen LogP contribution < -0.4 is 0 Å². The van der Waals surface area contributed by atoms with E-state index in [2.05, 4.69) is 23.7 Å². The van der Waals surface area contributed by atoms with Gasteiger partial charge in [-0.3, -0.25) is 0 Å². The van der Waals surface area contributed by atoms with Gasteiger partial charge in [-0.25, -0.2) is 0 Å². The minimum absolute atomic E-state index is 0.750. The van der Waals surface area contributed by atoms with Crippen molar-refractivity contribution < 1.29 is 0 Å². The fourth-order valence-electron chi connectivity index (χ4n) is 2.37. The normalized spacial score (nSPS) is 31.4. The molecule has 2 aliphatic rings. The van der Waals surface area contributed by atoms with E-state index in [1.165, 1.54) is 43.9 Å². The highest BCUT2D eigenvalue weighted by Crippen LogP contribution is 2.41. The minimum atomic E-state index is 0.750. The summed E-state index contributed by atoms with van der Waals surface area (Å²) in [6.45, 7) is 2.71. The lowest BCUT2D eigenvalue weighted by Gasteiger charge is -2.32. The van der Waals surface area contributed by atoms with Gasteiger partial charge in [0.2, 0.25) is 0 Å². The maximum Gasteiger partial charge on any atom is 0.00360 e. The Bertz CT molecular complexity index is 135. The molecule has 0 aromatic heterocycles. The largest absolute Gasteiger partial charge is 0.306 e. The zero-order valence-corrected chi connectivity index (χ0v) is 8.12. The number of likely N-dealkylation sites (tertiary alicyclic amines) is 1. The summed E-state index contributed by atoms with van der Waals surface area (Å²) in [4.78, 5) is 2.50. The van der Waals surface area contributed by atoms with Crippen LogP contribution in [0.1, 0.15) is 19.3 Å². The van der Waals surface area contributed by atoms with Crippen molar-refractivity contribution in [2.75, 3.05) is 31.6 Å². The molecular weight excluding hydrogens is 154 g/mol. The van der Waals surface area contributed by atoms with E-state index in [9.17, 15) is 0 Å². The van der Waals surface area contributed by atoms with Crippen molar-refractivity contribution in [3.05, 3.63) is 0 Å². The molecule has 0 aliphatic carbocycles. The average Bonchev–Trinajstić information content (AvgIpc) is 2.34. The summed E-state index contributed by atoms with van der Waals surface area (Å²) < 4.78 is 0. The molecule has 11 heavy (non-hydrogen) atoms. The second-order valence-electron chi connectivity index (χ2n) is 4.10. The quantitative estimate of drug-likeness (QED) is 0.547. The smallest absolute Gasteiger partial charge is 0.00360 e. The van der Waals surface area contributed by atoms with Crippen LogP contribution in [0, 0.1) is 5.41 Å². The Morgan fingerprint density at radius 1 is 1.18 bits per heavy atom. The SMILES string of the molecule is CN1CCC2(CCSCC2)C1. The molecule has 0 aromatic rings. The van der Waals surface area contributed by atoms with Gasteiger partial charge in [0.15, 0.2) is 0 Å². The Morgan fingerprint density at radius 3 is 2.45 bits per heavy atom. The van der Waals surface area contributed by atoms with E-state index in [0.29, 0.717) is 0 Å². The predicted octanol–water partition coefficient (Wildman–Crippen LogP) is 1.84. The molecule has 2 saturated heterocycles. The Balaban J connectivity index is 1.98. The van der Waals surface area contributed by atoms with Gasteiger partial charge in [0, 0.05) is 6.54 Å². The maximum absolute atomic E-state index is 2.50. The molecule has 0 atom stereocenters. The summed E-state index contributed by atoms with van der Waals surface area (Å²) in [6, 6.07) is 0. The second-order valence-corrected chi connectivity index (χ2v) is 5.32. The van der Waals surface area contributed by atoms with E-state index in [1.54, 1.807) is 0 Å². The number of hydrogen-bond acceptors (Lipinski definition) is 2. The number of thioether (sulfide) groups is 1. The highest BCUT2D eigenvalue weighted by Gasteiger charge is 2.37. The fraction of sp³-hybridized carbons (Fsp3) is 1.00. The van der Waals surface area contributed by atoms with Gasteiger partial charge in [0.05, 0.1) is 0 Å². The van der Waals surface area contributed by atoms with Crippen molar-refractivity contribution in [2.24, 2.45) is 5.41 Å². The molecule has 0 aromatic carbocycles. The van der Waals surface area contributed by atoms with Crippen LogP contribution in [0.5, 0.6) is 0 Å². The standard InChI is InChI=1S/C9H17NS/c1-10-5-2-9(8-10)3-6-11-7-4-9/h2-8H2,1H3. The van der Waals surface area contributed by atoms with E-state index < -0.39 is 0 Å². The molecule has 2 heteroatoms. The third kappa shape index (κ3) is 1.57. The van der Waals surface area contributed by atoms with Crippen LogP contribution in [0.4, 0.5) is 0 Å². The van der Waals surface area contributed by atoms with Crippen LogP contribution in [-0.2, 0) is 0 Å². The number of hydrogen-bond donors (Lipinski definition) is 0. The lowest BCUT2D eigenvalue weighted by Crippen LogP contribution is -2.29. The molecule has 2 heterocycles. The molecule has 0 radical (unpaired) electrons. The van der Waals surface area contributed by atoms with Gasteiger partial charge in [0.1, 0.15) is 0 Å². The van der Waals surface area contributed by atoms with Crippen molar-refractivity contribution in [1.82, 2.24) is 4.90 Å². The second kappa shape index (κ2) is 2.98. The maximum atomic E-state index is 2.50. The lowest BCUT2D eigenvalue weighted by atomic mass is 9.81. The summed E-state index contributed by atoms with van der Waals surface area (Å²) in [5, 5.41) is 0. The Kier molecular flexibility index (Phi) is 2.15. The highest BCUT2D eigenvalue weighted by molar-refractivity contribution is 7.99. The third-order valence-electron chi connectivity index (χ3n) is 3.18. The van der Waals surface area contributed by atoms with Gasteiger partial charge in [-0.15, -0.1) is 0 Å². The molecule has 1 spiro atoms. The molecule has 1 nitrogen and oxygen atoms in total. The van der Waals surface area contributed by atoms with Crippen LogP contribution in [0.2, 0.25) is 0 Å². The lowest BCUT2D eigenvalue weighted by molar-refractivity contribution is 0.260. The first kappa shape index (κ1) is 7.93. The molecular formula is C9H17NS. The van der Waals surface area contributed by atoms with Crippen molar-refractivity contribution >= 4 is 11.8 Å². The highest BCUT2D eigenvalue weighted by atomic mass is 32.2. The third-order valence-corrected chi connectivity index (χ3v) is 4.17. The van der Waals surface area contributed by atoms with Crippen molar-refractivity contribution in [2.45, 2.75) is 19.3 Å². The Labute approximate surface area is 73.5 Å². The summed E-state index contributed by atoms with van der Waals surface area (Å²) in [5.74, 6) is 2.82. The molecule has 2 rings (SSSR count). The van der Waals surface area contributed by atoms with E-state index in [4.69, 9.17) is 0 Å². The van der Waals surface area contributed by atoms with Crippen LogP contribution in [0.15, 0.2) is 0 Å². The van der Waals surface area contributed by atoms with Gasteiger partial charge in [0.25, 0.3) is 0 Å². The Morgan fingerprint density at radius 2 is 1.91 bits per heavy atom. The van der Waals surface area contributed by atoms with Gasteiger partial charge < -0.3 is 4.90 Å². The molecule has 64 valence electrons. The van der Waals surface area contributed by atoms with Crippen molar-refractivity contribution in [1.29, 1.82) is 0 Å². The first-order valence-electron chi connectivity index (χ1n) is 4.57. The Hall–Kier alpha value is 0.310.